The maximum Gasteiger partial charge on any atom is 0.204 e. The molecule has 3 aromatic rings. The predicted molar refractivity (Wildman–Crippen MR) is 82.8 cm³/mol. The van der Waals surface area contributed by atoms with Crippen molar-refractivity contribution in [2.24, 2.45) is 5.73 Å². The normalized spacial score (nSPS) is 10.7. The van der Waals surface area contributed by atoms with Gasteiger partial charge in [-0.05, 0) is 29.8 Å². The molecule has 0 fully saturated rings. The van der Waals surface area contributed by atoms with Gasteiger partial charge in [0.1, 0.15) is 23.0 Å². The van der Waals surface area contributed by atoms with Gasteiger partial charge in [0.25, 0.3) is 0 Å². The van der Waals surface area contributed by atoms with Crippen LogP contribution in [0.2, 0.25) is 0 Å². The summed E-state index contributed by atoms with van der Waals surface area (Å²) in [6.07, 6.45) is 0. The summed E-state index contributed by atoms with van der Waals surface area (Å²) in [6, 6.07) is 13.6. The number of benzene rings is 2. The van der Waals surface area contributed by atoms with Crippen molar-refractivity contribution in [1.29, 1.82) is 0 Å². The predicted octanol–water partition coefficient (Wildman–Crippen LogP) is 3.79. The van der Waals surface area contributed by atoms with Crippen LogP contribution >= 0.6 is 12.2 Å². The third-order valence-corrected chi connectivity index (χ3v) is 3.23. The van der Waals surface area contributed by atoms with E-state index in [1.54, 1.807) is 12.1 Å². The van der Waals surface area contributed by atoms with Crippen LogP contribution in [0.25, 0.3) is 11.0 Å². The molecule has 0 aliphatic carbocycles. The first-order chi connectivity index (χ1) is 10.1. The average molecular weight is 301 g/mol. The number of rotatable bonds is 4. The molecule has 106 valence electrons. The van der Waals surface area contributed by atoms with Crippen LogP contribution in [0, 0.1) is 5.82 Å². The van der Waals surface area contributed by atoms with E-state index in [0.717, 1.165) is 5.39 Å². The van der Waals surface area contributed by atoms with E-state index < -0.39 is 0 Å². The SMILES string of the molecule is NC(=S)c1oc2ccccc2c1OCc1cccc(F)c1. The molecule has 0 bridgehead atoms. The number of furan rings is 1. The van der Waals surface area contributed by atoms with Gasteiger partial charge in [0.2, 0.25) is 5.76 Å². The minimum atomic E-state index is -0.303. The van der Waals surface area contributed by atoms with Crippen LogP contribution in [0.4, 0.5) is 4.39 Å². The second kappa shape index (κ2) is 5.54. The van der Waals surface area contributed by atoms with Crippen molar-refractivity contribution >= 4 is 28.2 Å². The molecule has 21 heavy (non-hydrogen) atoms. The molecule has 0 unspecified atom stereocenters. The fraction of sp³-hybridized carbons (Fsp3) is 0.0625. The highest BCUT2D eigenvalue weighted by molar-refractivity contribution is 7.80. The number of hydrogen-bond donors (Lipinski definition) is 1. The summed E-state index contributed by atoms with van der Waals surface area (Å²) >= 11 is 4.99. The molecular formula is C16H12FNO2S. The molecule has 0 spiro atoms. The van der Waals surface area contributed by atoms with Gasteiger partial charge in [0.05, 0.1) is 5.39 Å². The van der Waals surface area contributed by atoms with Crippen molar-refractivity contribution < 1.29 is 13.5 Å². The number of ether oxygens (including phenoxy) is 1. The van der Waals surface area contributed by atoms with Gasteiger partial charge < -0.3 is 14.9 Å². The van der Waals surface area contributed by atoms with Gasteiger partial charge in [-0.1, -0.05) is 36.5 Å². The Hall–Kier alpha value is -2.40. The van der Waals surface area contributed by atoms with Gasteiger partial charge in [-0.3, -0.25) is 0 Å². The van der Waals surface area contributed by atoms with Crippen molar-refractivity contribution in [2.75, 3.05) is 0 Å². The highest BCUT2D eigenvalue weighted by Gasteiger charge is 2.17. The van der Waals surface area contributed by atoms with E-state index in [1.165, 1.54) is 12.1 Å². The first kappa shape index (κ1) is 13.6. The molecule has 2 aromatic carbocycles. The second-order valence-electron chi connectivity index (χ2n) is 4.54. The van der Waals surface area contributed by atoms with E-state index in [2.05, 4.69) is 0 Å². The van der Waals surface area contributed by atoms with Gasteiger partial charge in [0.15, 0.2) is 5.75 Å². The zero-order chi connectivity index (χ0) is 14.8. The topological polar surface area (TPSA) is 48.4 Å². The van der Waals surface area contributed by atoms with Crippen molar-refractivity contribution in [2.45, 2.75) is 6.61 Å². The van der Waals surface area contributed by atoms with Crippen LogP contribution in [-0.2, 0) is 6.61 Å². The van der Waals surface area contributed by atoms with E-state index in [1.807, 2.05) is 24.3 Å². The van der Waals surface area contributed by atoms with E-state index in [4.69, 9.17) is 27.1 Å². The maximum absolute atomic E-state index is 13.2. The van der Waals surface area contributed by atoms with Gasteiger partial charge in [0, 0.05) is 0 Å². The second-order valence-corrected chi connectivity index (χ2v) is 4.98. The average Bonchev–Trinajstić information content (AvgIpc) is 2.84. The fourth-order valence-electron chi connectivity index (χ4n) is 2.11. The van der Waals surface area contributed by atoms with Crippen LogP contribution in [-0.4, -0.2) is 4.99 Å². The standard InChI is InChI=1S/C16H12FNO2S/c17-11-5-3-4-10(8-11)9-19-14-12-6-1-2-7-13(12)20-15(14)16(18)21/h1-8H,9H2,(H2,18,21). The number of halogens is 1. The van der Waals surface area contributed by atoms with Gasteiger partial charge in [-0.25, -0.2) is 4.39 Å². The van der Waals surface area contributed by atoms with E-state index in [0.29, 0.717) is 22.7 Å². The molecule has 5 heteroatoms. The molecule has 3 nitrogen and oxygen atoms in total. The zero-order valence-corrected chi connectivity index (χ0v) is 11.8. The van der Waals surface area contributed by atoms with Crippen LogP contribution in [0.3, 0.4) is 0 Å². The largest absolute Gasteiger partial charge is 0.484 e. The van der Waals surface area contributed by atoms with E-state index >= 15 is 0 Å². The lowest BCUT2D eigenvalue weighted by molar-refractivity contribution is 0.304. The number of para-hydroxylation sites is 1. The minimum absolute atomic E-state index is 0.125. The van der Waals surface area contributed by atoms with Crippen LogP contribution in [0.15, 0.2) is 52.9 Å². The lowest BCUT2D eigenvalue weighted by Gasteiger charge is -2.06. The molecule has 0 aliphatic heterocycles. The Labute approximate surface area is 126 Å². The van der Waals surface area contributed by atoms with Crippen LogP contribution in [0.5, 0.6) is 5.75 Å². The highest BCUT2D eigenvalue weighted by Crippen LogP contribution is 2.33. The maximum atomic E-state index is 13.2. The molecule has 1 aromatic heterocycles. The number of hydrogen-bond acceptors (Lipinski definition) is 3. The summed E-state index contributed by atoms with van der Waals surface area (Å²) in [5.41, 5.74) is 7.03. The van der Waals surface area contributed by atoms with Crippen molar-refractivity contribution in [3.63, 3.8) is 0 Å². The molecular weight excluding hydrogens is 289 g/mol. The molecule has 0 atom stereocenters. The summed E-state index contributed by atoms with van der Waals surface area (Å²) < 4.78 is 24.6. The lowest BCUT2D eigenvalue weighted by atomic mass is 10.2. The lowest BCUT2D eigenvalue weighted by Crippen LogP contribution is -2.10. The number of nitrogens with two attached hydrogens (primary N) is 1. The van der Waals surface area contributed by atoms with Crippen LogP contribution < -0.4 is 10.5 Å². The van der Waals surface area contributed by atoms with Gasteiger partial charge >= 0.3 is 0 Å². The Balaban J connectivity index is 1.95. The molecule has 0 amide bonds. The highest BCUT2D eigenvalue weighted by atomic mass is 32.1. The van der Waals surface area contributed by atoms with Crippen molar-refractivity contribution in [3.05, 3.63) is 65.7 Å². The van der Waals surface area contributed by atoms with E-state index in [-0.39, 0.29) is 17.4 Å². The summed E-state index contributed by atoms with van der Waals surface area (Å²) in [5.74, 6) is 0.521. The Morgan fingerprint density at radius 2 is 2.00 bits per heavy atom. The first-order valence-corrected chi connectivity index (χ1v) is 6.74. The first-order valence-electron chi connectivity index (χ1n) is 6.34. The quantitative estimate of drug-likeness (QED) is 0.745. The van der Waals surface area contributed by atoms with Gasteiger partial charge in [-0.15, -0.1) is 0 Å². The zero-order valence-electron chi connectivity index (χ0n) is 11.0. The molecule has 0 saturated carbocycles. The Morgan fingerprint density at radius 3 is 2.76 bits per heavy atom. The van der Waals surface area contributed by atoms with Gasteiger partial charge in [-0.2, -0.15) is 0 Å². The van der Waals surface area contributed by atoms with E-state index in [9.17, 15) is 4.39 Å². The number of thiocarbonyl (C=S) groups is 1. The Morgan fingerprint density at radius 1 is 1.19 bits per heavy atom. The molecule has 2 N–H and O–H groups in total. The fourth-order valence-corrected chi connectivity index (χ4v) is 2.24. The molecule has 0 radical (unpaired) electrons. The summed E-state index contributed by atoms with van der Waals surface area (Å²) in [7, 11) is 0. The molecule has 3 rings (SSSR count). The monoisotopic (exact) mass is 301 g/mol. The Bertz CT molecular complexity index is 813. The third kappa shape index (κ3) is 2.73. The molecule has 1 heterocycles. The summed E-state index contributed by atoms with van der Waals surface area (Å²) in [4.78, 5) is 0.125. The Kier molecular flexibility index (Phi) is 3.58. The minimum Gasteiger partial charge on any atom is -0.484 e. The molecule has 0 aliphatic rings. The van der Waals surface area contributed by atoms with Crippen molar-refractivity contribution in [1.82, 2.24) is 0 Å². The smallest absolute Gasteiger partial charge is 0.204 e. The molecule has 0 saturated heterocycles. The number of fused-ring (bicyclic) bond motifs is 1. The third-order valence-electron chi connectivity index (χ3n) is 3.05. The summed E-state index contributed by atoms with van der Waals surface area (Å²) in [6.45, 7) is 0.205. The van der Waals surface area contributed by atoms with Crippen LogP contribution in [0.1, 0.15) is 11.3 Å². The summed E-state index contributed by atoms with van der Waals surface area (Å²) in [5, 5.41) is 0.789. The van der Waals surface area contributed by atoms with Crippen molar-refractivity contribution in [3.8, 4) is 5.75 Å².